The number of hydrogen-bond donors (Lipinski definition) is 2. The smallest absolute Gasteiger partial charge is 0.370 e. The normalized spacial score (nSPS) is 12.4. The number of anilines is 1. The lowest BCUT2D eigenvalue weighted by atomic mass is 10.2. The number of aliphatic imine (C=N–C) groups is 1. The predicted molar refractivity (Wildman–Crippen MR) is 85.9 cm³/mol. The van der Waals surface area contributed by atoms with E-state index in [1.807, 2.05) is 6.92 Å². The third-order valence-electron chi connectivity index (χ3n) is 3.06. The summed E-state index contributed by atoms with van der Waals surface area (Å²) in [6, 6.07) is 0. The van der Waals surface area contributed by atoms with Crippen LogP contribution in [-0.2, 0) is 13.0 Å². The Labute approximate surface area is 142 Å². The van der Waals surface area contributed by atoms with Gasteiger partial charge in [0.1, 0.15) is 12.4 Å². The summed E-state index contributed by atoms with van der Waals surface area (Å²) in [5, 5.41) is 10.6. The number of aromatic nitrogens is 5. The Balaban J connectivity index is 1.73. The number of halogens is 3. The molecule has 3 N–H and O–H groups in total. The summed E-state index contributed by atoms with van der Waals surface area (Å²) in [7, 11) is 0. The molecule has 0 aromatic carbocycles. The van der Waals surface area contributed by atoms with Crippen molar-refractivity contribution in [3.63, 3.8) is 0 Å². The van der Waals surface area contributed by atoms with E-state index in [1.54, 1.807) is 12.4 Å². The highest BCUT2D eigenvalue weighted by Gasteiger charge is 2.26. The molecule has 0 radical (unpaired) electrons. The number of rotatable bonds is 7. The lowest BCUT2D eigenvalue weighted by molar-refractivity contribution is -0.118. The summed E-state index contributed by atoms with van der Waals surface area (Å²) in [5.74, 6) is 0.668. The molecule has 8 nitrogen and oxygen atoms in total. The lowest BCUT2D eigenvalue weighted by Gasteiger charge is -2.04. The third kappa shape index (κ3) is 7.14. The monoisotopic (exact) mass is 356 g/mol. The zero-order valence-electron chi connectivity index (χ0n) is 13.7. The molecular formula is C14H19F3N8. The van der Waals surface area contributed by atoms with Crippen LogP contribution in [0.3, 0.4) is 0 Å². The van der Waals surface area contributed by atoms with E-state index < -0.39 is 12.7 Å². The Hall–Kier alpha value is -2.72. The van der Waals surface area contributed by atoms with Crippen LogP contribution in [0.4, 0.5) is 19.0 Å². The number of unbranched alkanes of at least 4 members (excludes halogenated alkanes) is 1. The summed E-state index contributed by atoms with van der Waals surface area (Å²) < 4.78 is 36.1. The van der Waals surface area contributed by atoms with Gasteiger partial charge in [0.05, 0.1) is 12.7 Å². The van der Waals surface area contributed by atoms with Crippen molar-refractivity contribution in [3.8, 4) is 0 Å². The molecule has 136 valence electrons. The second-order valence-corrected chi connectivity index (χ2v) is 5.40. The van der Waals surface area contributed by atoms with E-state index in [4.69, 9.17) is 5.73 Å². The first kappa shape index (κ1) is 18.6. The molecule has 0 bridgehead atoms. The number of alkyl halides is 3. The van der Waals surface area contributed by atoms with Crippen LogP contribution in [0.2, 0.25) is 0 Å². The minimum absolute atomic E-state index is 0.241. The van der Waals surface area contributed by atoms with Gasteiger partial charge >= 0.3 is 6.18 Å². The van der Waals surface area contributed by atoms with Gasteiger partial charge in [0.25, 0.3) is 0 Å². The molecule has 2 rings (SSSR count). The van der Waals surface area contributed by atoms with E-state index >= 15 is 0 Å². The molecule has 0 amide bonds. The van der Waals surface area contributed by atoms with Crippen LogP contribution in [0.15, 0.2) is 23.6 Å². The fraction of sp³-hybridized carbons (Fsp3) is 0.500. The molecule has 0 saturated carbocycles. The van der Waals surface area contributed by atoms with Gasteiger partial charge in [-0.15, -0.1) is 5.10 Å². The van der Waals surface area contributed by atoms with Crippen LogP contribution in [0.25, 0.3) is 0 Å². The Kier molecular flexibility index (Phi) is 6.25. The Morgan fingerprint density at radius 3 is 2.64 bits per heavy atom. The van der Waals surface area contributed by atoms with E-state index in [9.17, 15) is 13.2 Å². The molecular weight excluding hydrogens is 337 g/mol. The van der Waals surface area contributed by atoms with Crippen LogP contribution in [0, 0.1) is 6.92 Å². The Morgan fingerprint density at radius 2 is 1.96 bits per heavy atom. The fourth-order valence-corrected chi connectivity index (χ4v) is 1.89. The van der Waals surface area contributed by atoms with E-state index in [0.717, 1.165) is 30.7 Å². The lowest BCUT2D eigenvalue weighted by Crippen LogP contribution is -2.25. The van der Waals surface area contributed by atoms with Crippen LogP contribution in [0.5, 0.6) is 0 Å². The maximum Gasteiger partial charge on any atom is 0.408 e. The molecule has 0 fully saturated rings. The number of hydrogen-bond acceptors (Lipinski definition) is 5. The van der Waals surface area contributed by atoms with E-state index in [2.05, 4.69) is 30.5 Å². The quantitative estimate of drug-likeness (QED) is 0.444. The van der Waals surface area contributed by atoms with Crippen molar-refractivity contribution >= 4 is 11.8 Å². The maximum atomic E-state index is 12.0. The van der Waals surface area contributed by atoms with Gasteiger partial charge < -0.3 is 11.1 Å². The highest BCUT2D eigenvalue weighted by Crippen LogP contribution is 2.14. The molecule has 2 heterocycles. The summed E-state index contributed by atoms with van der Waals surface area (Å²) in [6.07, 6.45) is 2.96. The SMILES string of the molecule is Cc1cnc(CCCCn2ncc(NC(N)=NCC(F)(F)F)n2)nc1. The molecule has 2 aromatic rings. The fourth-order valence-electron chi connectivity index (χ4n) is 1.89. The first-order valence-electron chi connectivity index (χ1n) is 7.63. The Morgan fingerprint density at radius 1 is 1.24 bits per heavy atom. The topological polar surface area (TPSA) is 107 Å². The number of nitrogens with zero attached hydrogens (tertiary/aromatic N) is 6. The van der Waals surface area contributed by atoms with Crippen molar-refractivity contribution < 1.29 is 13.2 Å². The summed E-state index contributed by atoms with van der Waals surface area (Å²) in [4.78, 5) is 13.1. The highest BCUT2D eigenvalue weighted by atomic mass is 19.4. The number of nitrogens with two attached hydrogens (primary N) is 1. The molecule has 0 atom stereocenters. The molecule has 0 aliphatic heterocycles. The first-order valence-corrected chi connectivity index (χ1v) is 7.63. The molecule has 0 aliphatic carbocycles. The highest BCUT2D eigenvalue weighted by molar-refractivity contribution is 5.91. The van der Waals surface area contributed by atoms with Gasteiger partial charge in [0.15, 0.2) is 11.8 Å². The summed E-state index contributed by atoms with van der Waals surface area (Å²) in [5.41, 5.74) is 6.38. The van der Waals surface area contributed by atoms with Gasteiger partial charge in [-0.3, -0.25) is 0 Å². The van der Waals surface area contributed by atoms with Gasteiger partial charge in [-0.1, -0.05) is 0 Å². The second-order valence-electron chi connectivity index (χ2n) is 5.40. The van der Waals surface area contributed by atoms with Crippen molar-refractivity contribution in [1.82, 2.24) is 25.0 Å². The Bertz CT molecular complexity index is 693. The summed E-state index contributed by atoms with van der Waals surface area (Å²) in [6.45, 7) is 1.15. The molecule has 25 heavy (non-hydrogen) atoms. The number of aryl methyl sites for hydroxylation is 3. The van der Waals surface area contributed by atoms with E-state index in [-0.39, 0.29) is 11.8 Å². The van der Waals surface area contributed by atoms with Crippen molar-refractivity contribution in [2.24, 2.45) is 10.7 Å². The minimum Gasteiger partial charge on any atom is -0.370 e. The zero-order valence-corrected chi connectivity index (χ0v) is 13.7. The second kappa shape index (κ2) is 8.40. The van der Waals surface area contributed by atoms with E-state index in [1.165, 1.54) is 11.0 Å². The molecule has 0 saturated heterocycles. The van der Waals surface area contributed by atoms with Crippen LogP contribution < -0.4 is 11.1 Å². The largest absolute Gasteiger partial charge is 0.408 e. The number of guanidine groups is 1. The average molecular weight is 356 g/mol. The van der Waals surface area contributed by atoms with Gasteiger partial charge in [-0.2, -0.15) is 23.1 Å². The molecule has 0 unspecified atom stereocenters. The van der Waals surface area contributed by atoms with Crippen molar-refractivity contribution in [3.05, 3.63) is 30.0 Å². The molecule has 0 spiro atoms. The average Bonchev–Trinajstić information content (AvgIpc) is 2.98. The van der Waals surface area contributed by atoms with Gasteiger partial charge in [-0.05, 0) is 25.3 Å². The number of nitrogens with one attached hydrogen (secondary N) is 1. The van der Waals surface area contributed by atoms with Crippen LogP contribution in [0.1, 0.15) is 24.2 Å². The molecule has 2 aromatic heterocycles. The van der Waals surface area contributed by atoms with Crippen LogP contribution in [-0.4, -0.2) is 43.6 Å². The molecule has 0 aliphatic rings. The minimum atomic E-state index is -4.40. The van der Waals surface area contributed by atoms with E-state index in [0.29, 0.717) is 6.54 Å². The third-order valence-corrected chi connectivity index (χ3v) is 3.06. The van der Waals surface area contributed by atoms with Crippen molar-refractivity contribution in [1.29, 1.82) is 0 Å². The van der Waals surface area contributed by atoms with Gasteiger partial charge in [-0.25, -0.2) is 15.0 Å². The summed E-state index contributed by atoms with van der Waals surface area (Å²) >= 11 is 0. The van der Waals surface area contributed by atoms with Crippen molar-refractivity contribution in [2.45, 2.75) is 38.9 Å². The predicted octanol–water partition coefficient (Wildman–Crippen LogP) is 1.69. The standard InChI is InChI=1S/C14H19F3N8/c1-10-6-19-11(20-7-10)4-2-3-5-25-22-8-12(24-25)23-13(18)21-9-14(15,16)17/h6-8H,2-5,9H2,1H3,(H3,18,21,23,24). The maximum absolute atomic E-state index is 12.0. The van der Waals surface area contributed by atoms with Crippen molar-refractivity contribution in [2.75, 3.05) is 11.9 Å². The first-order chi connectivity index (χ1) is 11.8. The zero-order chi connectivity index (χ0) is 18.3. The van der Waals surface area contributed by atoms with Crippen LogP contribution >= 0.6 is 0 Å². The van der Waals surface area contributed by atoms with Gasteiger partial charge in [0, 0.05) is 18.8 Å². The van der Waals surface area contributed by atoms with Gasteiger partial charge in [0.2, 0.25) is 0 Å². The molecule has 11 heteroatoms.